The van der Waals surface area contributed by atoms with Crippen molar-refractivity contribution in [2.45, 2.75) is 13.8 Å². The zero-order valence-electron chi connectivity index (χ0n) is 7.57. The molecule has 0 amide bonds. The van der Waals surface area contributed by atoms with Gasteiger partial charge in [-0.25, -0.2) is 4.52 Å². The molecule has 3 heteroatoms. The van der Waals surface area contributed by atoms with Crippen LogP contribution in [-0.4, -0.2) is 9.61 Å². The molecule has 0 atom stereocenters. The second kappa shape index (κ2) is 2.60. The van der Waals surface area contributed by atoms with Crippen LogP contribution in [-0.2, 0) is 0 Å². The van der Waals surface area contributed by atoms with Crippen LogP contribution >= 0.6 is 0 Å². The molecule has 0 aliphatic rings. The third-order valence-electron chi connectivity index (χ3n) is 2.22. The Hall–Kier alpha value is -1.82. The highest BCUT2D eigenvalue weighted by Gasteiger charge is 2.07. The lowest BCUT2D eigenvalue weighted by Crippen LogP contribution is -1.99. The number of hydrogen-bond acceptors (Lipinski definition) is 2. The molecule has 2 heterocycles. The van der Waals surface area contributed by atoms with Gasteiger partial charge in [-0.05, 0) is 31.5 Å². The molecule has 2 aromatic heterocycles. The number of rotatable bonds is 0. The van der Waals surface area contributed by atoms with Crippen molar-refractivity contribution in [2.24, 2.45) is 0 Å². The van der Waals surface area contributed by atoms with Gasteiger partial charge in [0.1, 0.15) is 6.07 Å². The van der Waals surface area contributed by atoms with Crippen LogP contribution in [0.3, 0.4) is 0 Å². The van der Waals surface area contributed by atoms with E-state index in [2.05, 4.69) is 11.2 Å². The predicted molar refractivity (Wildman–Crippen MR) is 49.4 cm³/mol. The monoisotopic (exact) mass is 171 g/mol. The van der Waals surface area contributed by atoms with E-state index in [-0.39, 0.29) is 0 Å². The van der Waals surface area contributed by atoms with Crippen LogP contribution in [0.5, 0.6) is 0 Å². The van der Waals surface area contributed by atoms with Crippen LogP contribution in [0.1, 0.15) is 16.8 Å². The summed E-state index contributed by atoms with van der Waals surface area (Å²) >= 11 is 0. The number of nitriles is 1. The fraction of sp³-hybridized carbons (Fsp3) is 0.200. The molecule has 64 valence electrons. The second-order valence-electron chi connectivity index (χ2n) is 3.04. The Morgan fingerprint density at radius 1 is 1.46 bits per heavy atom. The zero-order valence-corrected chi connectivity index (χ0v) is 7.57. The first-order valence-electron chi connectivity index (χ1n) is 4.08. The number of aryl methyl sites for hydroxylation is 2. The summed E-state index contributed by atoms with van der Waals surface area (Å²) in [4.78, 5) is 0. The Bertz CT molecular complexity index is 503. The Balaban J connectivity index is 2.95. The predicted octanol–water partition coefficient (Wildman–Crippen LogP) is 1.82. The lowest BCUT2D eigenvalue weighted by atomic mass is 10.1. The van der Waals surface area contributed by atoms with Crippen molar-refractivity contribution in [1.82, 2.24) is 9.61 Å². The first kappa shape index (κ1) is 7.81. The molecule has 2 aromatic rings. The minimum absolute atomic E-state index is 0.686. The first-order chi connectivity index (χ1) is 6.24. The summed E-state index contributed by atoms with van der Waals surface area (Å²) in [5.41, 5.74) is 3.47. The molecule has 2 rings (SSSR count). The Morgan fingerprint density at radius 2 is 2.23 bits per heavy atom. The van der Waals surface area contributed by atoms with Crippen molar-refractivity contribution in [3.05, 3.63) is 35.2 Å². The van der Waals surface area contributed by atoms with Gasteiger partial charge in [0.25, 0.3) is 0 Å². The summed E-state index contributed by atoms with van der Waals surface area (Å²) in [5.74, 6) is 0. The summed E-state index contributed by atoms with van der Waals surface area (Å²) in [6.45, 7) is 3.80. The molecule has 0 bridgehead atoms. The highest BCUT2D eigenvalue weighted by Crippen LogP contribution is 2.16. The van der Waals surface area contributed by atoms with Crippen molar-refractivity contribution in [3.8, 4) is 6.07 Å². The lowest BCUT2D eigenvalue weighted by Gasteiger charge is -2.03. The van der Waals surface area contributed by atoms with Crippen molar-refractivity contribution in [2.75, 3.05) is 0 Å². The molecule has 0 N–H and O–H groups in total. The van der Waals surface area contributed by atoms with E-state index in [1.165, 1.54) is 0 Å². The van der Waals surface area contributed by atoms with Crippen molar-refractivity contribution in [3.63, 3.8) is 0 Å². The summed E-state index contributed by atoms with van der Waals surface area (Å²) in [6, 6.07) is 6.06. The van der Waals surface area contributed by atoms with Gasteiger partial charge < -0.3 is 0 Å². The normalized spacial score (nSPS) is 10.2. The smallest absolute Gasteiger partial charge is 0.101 e. The molecular weight excluding hydrogens is 162 g/mol. The second-order valence-corrected chi connectivity index (χ2v) is 3.04. The SMILES string of the molecule is Cc1nn2cccc2c(C)c1C#N. The van der Waals surface area contributed by atoms with Gasteiger partial charge in [-0.15, -0.1) is 0 Å². The van der Waals surface area contributed by atoms with Crippen molar-refractivity contribution in [1.29, 1.82) is 5.26 Å². The van der Waals surface area contributed by atoms with E-state index in [9.17, 15) is 0 Å². The summed E-state index contributed by atoms with van der Waals surface area (Å²) in [5, 5.41) is 13.2. The molecular formula is C10H9N3. The van der Waals surface area contributed by atoms with E-state index in [0.717, 1.165) is 16.8 Å². The van der Waals surface area contributed by atoms with E-state index < -0.39 is 0 Å². The van der Waals surface area contributed by atoms with E-state index in [4.69, 9.17) is 5.26 Å². The van der Waals surface area contributed by atoms with Gasteiger partial charge >= 0.3 is 0 Å². The van der Waals surface area contributed by atoms with Crippen LogP contribution in [0.15, 0.2) is 18.3 Å². The molecule has 0 aliphatic heterocycles. The minimum atomic E-state index is 0.686. The quantitative estimate of drug-likeness (QED) is 0.606. The van der Waals surface area contributed by atoms with Crippen LogP contribution in [0.2, 0.25) is 0 Å². The van der Waals surface area contributed by atoms with Gasteiger partial charge in [-0.3, -0.25) is 0 Å². The molecule has 0 aromatic carbocycles. The molecule has 0 saturated carbocycles. The summed E-state index contributed by atoms with van der Waals surface area (Å²) in [7, 11) is 0. The average molecular weight is 171 g/mol. The topological polar surface area (TPSA) is 41.1 Å². The van der Waals surface area contributed by atoms with Gasteiger partial charge in [0.05, 0.1) is 16.8 Å². The maximum Gasteiger partial charge on any atom is 0.101 e. The van der Waals surface area contributed by atoms with Crippen LogP contribution in [0, 0.1) is 25.2 Å². The van der Waals surface area contributed by atoms with Crippen molar-refractivity contribution >= 4 is 5.52 Å². The van der Waals surface area contributed by atoms with Crippen LogP contribution < -0.4 is 0 Å². The maximum absolute atomic E-state index is 8.90. The molecule has 0 fully saturated rings. The van der Waals surface area contributed by atoms with Gasteiger partial charge in [0, 0.05) is 6.20 Å². The zero-order chi connectivity index (χ0) is 9.42. The summed E-state index contributed by atoms with van der Waals surface area (Å²) < 4.78 is 1.80. The van der Waals surface area contributed by atoms with E-state index >= 15 is 0 Å². The highest BCUT2D eigenvalue weighted by atomic mass is 15.2. The first-order valence-corrected chi connectivity index (χ1v) is 4.08. The summed E-state index contributed by atoms with van der Waals surface area (Å²) in [6.07, 6.45) is 1.89. The Morgan fingerprint density at radius 3 is 2.92 bits per heavy atom. The number of nitrogens with zero attached hydrogens (tertiary/aromatic N) is 3. The molecule has 0 spiro atoms. The molecule has 0 unspecified atom stereocenters. The maximum atomic E-state index is 8.90. The number of fused-ring (bicyclic) bond motifs is 1. The van der Waals surface area contributed by atoms with E-state index in [0.29, 0.717) is 5.56 Å². The fourth-order valence-electron chi connectivity index (χ4n) is 1.53. The van der Waals surface area contributed by atoms with Crippen LogP contribution in [0.25, 0.3) is 5.52 Å². The van der Waals surface area contributed by atoms with E-state index in [1.54, 1.807) is 4.52 Å². The van der Waals surface area contributed by atoms with Crippen molar-refractivity contribution < 1.29 is 0 Å². The van der Waals surface area contributed by atoms with Gasteiger partial charge in [0.15, 0.2) is 0 Å². The Kier molecular flexibility index (Phi) is 1.56. The molecule has 13 heavy (non-hydrogen) atoms. The highest BCUT2D eigenvalue weighted by molar-refractivity contribution is 5.60. The standard InChI is InChI=1S/C10H9N3/c1-7-9(6-11)8(2)12-13-5-3-4-10(7)13/h3-5H,1-2H3. The third kappa shape index (κ3) is 0.994. The lowest BCUT2D eigenvalue weighted by molar-refractivity contribution is 0.893. The van der Waals surface area contributed by atoms with Gasteiger partial charge in [-0.2, -0.15) is 10.4 Å². The molecule has 3 nitrogen and oxygen atoms in total. The number of hydrogen-bond donors (Lipinski definition) is 0. The minimum Gasteiger partial charge on any atom is -0.240 e. The molecule has 0 radical (unpaired) electrons. The Labute approximate surface area is 76.2 Å². The van der Waals surface area contributed by atoms with Gasteiger partial charge in [-0.1, -0.05) is 0 Å². The van der Waals surface area contributed by atoms with E-state index in [1.807, 2.05) is 32.2 Å². The largest absolute Gasteiger partial charge is 0.240 e. The molecule has 0 saturated heterocycles. The molecule has 0 aliphatic carbocycles. The number of aromatic nitrogens is 2. The third-order valence-corrected chi connectivity index (χ3v) is 2.22. The average Bonchev–Trinajstić information content (AvgIpc) is 2.53. The van der Waals surface area contributed by atoms with Crippen LogP contribution in [0.4, 0.5) is 0 Å². The fourth-order valence-corrected chi connectivity index (χ4v) is 1.53. The van der Waals surface area contributed by atoms with Gasteiger partial charge in [0.2, 0.25) is 0 Å².